The van der Waals surface area contributed by atoms with Gasteiger partial charge in [-0.1, -0.05) is 131 Å². The SMILES string of the molecule is CC(C)(c1cccc(-c2[c-]cc(-c3ccccc3)cc2)n1)c1cccc(-c2[c-]cc(-c3ccccc3)cc2)n1.CC(C)(c1cccc(-c2[c-]cccc2)n1)c1cccc(-c2[c-]cccc2)n1.[Pt+2].[Pt+2]. The van der Waals surface area contributed by atoms with Crippen molar-refractivity contribution in [2.75, 3.05) is 0 Å². The Balaban J connectivity index is 0.000000208. The van der Waals surface area contributed by atoms with E-state index in [2.05, 4.69) is 173 Å². The summed E-state index contributed by atoms with van der Waals surface area (Å²) in [5.74, 6) is 0. The second-order valence-corrected chi connectivity index (χ2v) is 17.1. The van der Waals surface area contributed by atoms with Crippen LogP contribution in [0.2, 0.25) is 0 Å². The van der Waals surface area contributed by atoms with Crippen LogP contribution in [-0.4, -0.2) is 19.9 Å². The van der Waals surface area contributed by atoms with Gasteiger partial charge >= 0.3 is 42.1 Å². The fraction of sp³-hybridized carbons (Fsp3) is 0.0968. The predicted octanol–water partition coefficient (Wildman–Crippen LogP) is 14.8. The van der Waals surface area contributed by atoms with Gasteiger partial charge in [0.15, 0.2) is 0 Å². The number of pyridine rings is 4. The number of hydrogen-bond donors (Lipinski definition) is 0. The molecule has 0 amide bonds. The van der Waals surface area contributed by atoms with Gasteiger partial charge in [0.25, 0.3) is 0 Å². The minimum atomic E-state index is -0.389. The summed E-state index contributed by atoms with van der Waals surface area (Å²) in [5, 5.41) is 0. The molecule has 0 aliphatic heterocycles. The molecule has 10 aromatic rings. The van der Waals surface area contributed by atoms with Crippen LogP contribution in [0.15, 0.2) is 218 Å². The molecule has 0 aliphatic rings. The first-order valence-corrected chi connectivity index (χ1v) is 22.2. The molecule has 6 heteroatoms. The molecule has 6 aromatic carbocycles. The maximum absolute atomic E-state index is 5.06. The van der Waals surface area contributed by atoms with E-state index in [1.165, 1.54) is 11.1 Å². The van der Waals surface area contributed by atoms with E-state index in [4.69, 9.17) is 19.9 Å². The molecule has 0 fully saturated rings. The fourth-order valence-electron chi connectivity index (χ4n) is 7.89. The summed E-state index contributed by atoms with van der Waals surface area (Å²) in [6.07, 6.45) is 0. The third-order valence-electron chi connectivity index (χ3n) is 11.9. The van der Waals surface area contributed by atoms with E-state index in [-0.39, 0.29) is 53.0 Å². The van der Waals surface area contributed by atoms with Crippen molar-refractivity contribution in [2.45, 2.75) is 38.5 Å². The van der Waals surface area contributed by atoms with Crippen molar-refractivity contribution in [3.8, 4) is 67.3 Å². The third-order valence-corrected chi connectivity index (χ3v) is 11.9. The van der Waals surface area contributed by atoms with Gasteiger partial charge in [0.05, 0.1) is 0 Å². The van der Waals surface area contributed by atoms with Crippen molar-refractivity contribution in [3.05, 3.63) is 265 Å². The number of rotatable bonds is 10. The summed E-state index contributed by atoms with van der Waals surface area (Å²) in [6.45, 7) is 8.68. The number of benzene rings is 6. The summed E-state index contributed by atoms with van der Waals surface area (Å²) >= 11 is 0. The monoisotopic (exact) mass is 1240 g/mol. The topological polar surface area (TPSA) is 51.6 Å². The zero-order chi connectivity index (χ0) is 45.4. The Morgan fingerprint density at radius 1 is 0.279 bits per heavy atom. The zero-order valence-electron chi connectivity index (χ0n) is 38.2. The van der Waals surface area contributed by atoms with Gasteiger partial charge in [-0.2, -0.15) is 0 Å². The van der Waals surface area contributed by atoms with Gasteiger partial charge in [0, 0.05) is 33.6 Å². The fourth-order valence-corrected chi connectivity index (χ4v) is 7.89. The Hall–Kier alpha value is -6.70. The average molecular weight is 1240 g/mol. The van der Waals surface area contributed by atoms with Crippen molar-refractivity contribution in [1.29, 1.82) is 0 Å². The Morgan fingerprint density at radius 2 is 0.588 bits per heavy atom. The van der Waals surface area contributed by atoms with Gasteiger partial charge in [-0.25, -0.2) is 0 Å². The molecule has 68 heavy (non-hydrogen) atoms. The largest absolute Gasteiger partial charge is 2.00 e. The van der Waals surface area contributed by atoms with E-state index in [1.54, 1.807) is 0 Å². The molecule has 0 saturated heterocycles. The standard InChI is InChI=1S/C37H28N2.C25H20N2.2Pt/c1-37(2,35-17-9-15-33(38-35)31-23-19-29(20-24-31)27-11-5-3-6-12-27)36-18-10-16-34(39-36)32-25-21-30(22-26-32)28-13-7-4-8-14-28;1-25(2,23-17-9-15-21(26-23)19-11-5-3-6-12-19)24-18-10-16-22(27-24)20-13-7-4-8-14-20;;/h3-23,25H,1-2H3;3-11,13,15-18H,1-2H3;;/q2*-2;2*+2. The first kappa shape index (κ1) is 49.2. The molecular weight excluding hydrogens is 1190 g/mol. The van der Waals surface area contributed by atoms with Crippen LogP contribution in [0.4, 0.5) is 0 Å². The van der Waals surface area contributed by atoms with Gasteiger partial charge in [-0.3, -0.25) is 0 Å². The normalized spacial score (nSPS) is 11.0. The summed E-state index contributed by atoms with van der Waals surface area (Å²) in [6, 6.07) is 87.1. The van der Waals surface area contributed by atoms with E-state index in [9.17, 15) is 0 Å². The predicted molar refractivity (Wildman–Crippen MR) is 269 cm³/mol. The smallest absolute Gasteiger partial charge is 0.300 e. The van der Waals surface area contributed by atoms with Crippen LogP contribution in [0.1, 0.15) is 50.5 Å². The first-order chi connectivity index (χ1) is 32.2. The molecule has 0 bridgehead atoms. The maximum atomic E-state index is 5.06. The van der Waals surface area contributed by atoms with Gasteiger partial charge in [0.2, 0.25) is 0 Å². The van der Waals surface area contributed by atoms with Crippen LogP contribution < -0.4 is 0 Å². The molecule has 0 radical (unpaired) electrons. The molecule has 0 saturated carbocycles. The Labute approximate surface area is 430 Å². The van der Waals surface area contributed by atoms with Gasteiger partial charge in [-0.05, 0) is 74.7 Å². The summed E-state index contributed by atoms with van der Waals surface area (Å²) in [7, 11) is 0. The van der Waals surface area contributed by atoms with E-state index >= 15 is 0 Å². The van der Waals surface area contributed by atoms with Crippen LogP contribution >= 0.6 is 0 Å². The van der Waals surface area contributed by atoms with Crippen LogP contribution in [0, 0.1) is 24.3 Å². The minimum absolute atomic E-state index is 0. The van der Waals surface area contributed by atoms with E-state index in [0.717, 1.165) is 78.9 Å². The molecule has 4 heterocycles. The molecular formula is C62H48N4Pt2. The molecule has 0 aliphatic carbocycles. The zero-order valence-corrected chi connectivity index (χ0v) is 42.8. The molecule has 0 atom stereocenters. The quantitative estimate of drug-likeness (QED) is 0.128. The van der Waals surface area contributed by atoms with Gasteiger partial charge < -0.3 is 19.9 Å². The first-order valence-electron chi connectivity index (χ1n) is 22.2. The van der Waals surface area contributed by atoms with Crippen molar-refractivity contribution < 1.29 is 42.1 Å². The van der Waals surface area contributed by atoms with Crippen LogP contribution in [0.25, 0.3) is 67.3 Å². The number of hydrogen-bond acceptors (Lipinski definition) is 4. The molecule has 0 spiro atoms. The van der Waals surface area contributed by atoms with Gasteiger partial charge in [-0.15, -0.1) is 131 Å². The van der Waals surface area contributed by atoms with Crippen LogP contribution in [-0.2, 0) is 53.0 Å². The van der Waals surface area contributed by atoms with E-state index in [1.807, 2.05) is 97.1 Å². The Morgan fingerprint density at radius 3 is 0.868 bits per heavy atom. The summed E-state index contributed by atoms with van der Waals surface area (Å²) in [5.41, 5.74) is 15.4. The third kappa shape index (κ3) is 11.3. The van der Waals surface area contributed by atoms with E-state index in [0.29, 0.717) is 0 Å². The second kappa shape index (κ2) is 22.4. The Kier molecular flexibility index (Phi) is 16.2. The number of aromatic nitrogens is 4. The molecule has 0 N–H and O–H groups in total. The van der Waals surface area contributed by atoms with E-state index < -0.39 is 0 Å². The second-order valence-electron chi connectivity index (χ2n) is 17.1. The molecule has 4 nitrogen and oxygen atoms in total. The van der Waals surface area contributed by atoms with Crippen LogP contribution in [0.3, 0.4) is 0 Å². The minimum Gasteiger partial charge on any atom is -0.300 e. The van der Waals surface area contributed by atoms with Crippen molar-refractivity contribution in [1.82, 2.24) is 19.9 Å². The summed E-state index contributed by atoms with van der Waals surface area (Å²) < 4.78 is 0. The molecule has 0 unspecified atom stereocenters. The maximum Gasteiger partial charge on any atom is 2.00 e. The van der Waals surface area contributed by atoms with Crippen molar-refractivity contribution in [2.24, 2.45) is 0 Å². The molecule has 10 rings (SSSR count). The van der Waals surface area contributed by atoms with Crippen molar-refractivity contribution in [3.63, 3.8) is 0 Å². The van der Waals surface area contributed by atoms with Gasteiger partial charge in [0.1, 0.15) is 0 Å². The number of nitrogens with zero attached hydrogens (tertiary/aromatic N) is 4. The van der Waals surface area contributed by atoms with Crippen molar-refractivity contribution >= 4 is 0 Å². The Bertz CT molecular complexity index is 2950. The van der Waals surface area contributed by atoms with Crippen LogP contribution in [0.5, 0.6) is 0 Å². The molecule has 336 valence electrons. The molecule has 4 aromatic heterocycles. The summed E-state index contributed by atoms with van der Waals surface area (Å²) in [4.78, 5) is 20.0. The average Bonchev–Trinajstić information content (AvgIpc) is 3.40.